The molecule has 0 unspecified atom stereocenters. The van der Waals surface area contributed by atoms with Gasteiger partial charge >= 0.3 is 5.69 Å². The highest BCUT2D eigenvalue weighted by atomic mass is 79.9. The number of aromatic amines is 1. The second kappa shape index (κ2) is 5.65. The Labute approximate surface area is 127 Å². The highest BCUT2D eigenvalue weighted by Crippen LogP contribution is 2.27. The highest BCUT2D eigenvalue weighted by molar-refractivity contribution is 9.09. The van der Waals surface area contributed by atoms with E-state index in [0.29, 0.717) is 27.2 Å². The molecule has 0 spiro atoms. The first-order valence-corrected chi connectivity index (χ1v) is 8.16. The monoisotopic (exact) mass is 358 g/mol. The van der Waals surface area contributed by atoms with Crippen LogP contribution in [0.2, 0.25) is 0 Å². The minimum atomic E-state index is -0.421. The fourth-order valence-electron chi connectivity index (χ4n) is 2.11. The topological polar surface area (TPSA) is 71.9 Å². The van der Waals surface area contributed by atoms with Crippen LogP contribution in [0, 0.1) is 12.8 Å². The quantitative estimate of drug-likeness (QED) is 0.673. The van der Waals surface area contributed by atoms with Crippen LogP contribution in [0.4, 0.5) is 0 Å². The third-order valence-corrected chi connectivity index (χ3v) is 4.75. The lowest BCUT2D eigenvalue weighted by Gasteiger charge is -2.07. The van der Waals surface area contributed by atoms with Gasteiger partial charge in [0.25, 0.3) is 5.56 Å². The maximum atomic E-state index is 12.5. The van der Waals surface area contributed by atoms with Gasteiger partial charge in [-0.15, -0.1) is 11.3 Å². The van der Waals surface area contributed by atoms with Gasteiger partial charge in [-0.1, -0.05) is 29.8 Å². The molecule has 7 heteroatoms. The van der Waals surface area contributed by atoms with E-state index >= 15 is 0 Å². The van der Waals surface area contributed by atoms with Gasteiger partial charge < -0.3 is 0 Å². The predicted molar refractivity (Wildman–Crippen MR) is 84.4 cm³/mol. The van der Waals surface area contributed by atoms with Crippen LogP contribution in [0.15, 0.2) is 9.59 Å². The van der Waals surface area contributed by atoms with Crippen LogP contribution in [0.3, 0.4) is 0 Å². The molecule has 2 aromatic rings. The molecule has 2 aromatic heterocycles. The summed E-state index contributed by atoms with van der Waals surface area (Å²) in [5.41, 5.74) is -0.0941. The number of nitrogens with zero attached hydrogens (tertiary/aromatic N) is 1. The summed E-state index contributed by atoms with van der Waals surface area (Å²) in [6.45, 7) is 5.99. The Morgan fingerprint density at radius 2 is 2.05 bits per heavy atom. The fourth-order valence-corrected chi connectivity index (χ4v) is 3.70. The summed E-state index contributed by atoms with van der Waals surface area (Å²) in [6, 6.07) is 0. The van der Waals surface area contributed by atoms with Gasteiger partial charge in [-0.05, 0) is 18.4 Å². The molecule has 2 heterocycles. The van der Waals surface area contributed by atoms with E-state index < -0.39 is 5.69 Å². The van der Waals surface area contributed by atoms with Crippen LogP contribution < -0.4 is 11.2 Å². The molecule has 0 amide bonds. The summed E-state index contributed by atoms with van der Waals surface area (Å²) in [4.78, 5) is 39.9. The number of hydrogen-bond donors (Lipinski definition) is 1. The van der Waals surface area contributed by atoms with E-state index in [-0.39, 0.29) is 22.6 Å². The zero-order valence-corrected chi connectivity index (χ0v) is 13.9. The Kier molecular flexibility index (Phi) is 4.29. The minimum absolute atomic E-state index is 0.0839. The predicted octanol–water partition coefficient (Wildman–Crippen LogP) is 2.29. The van der Waals surface area contributed by atoms with E-state index in [0.717, 1.165) is 11.3 Å². The number of H-pyrrole nitrogens is 1. The fraction of sp³-hybridized carbons (Fsp3) is 0.462. The lowest BCUT2D eigenvalue weighted by atomic mass is 10.1. The summed E-state index contributed by atoms with van der Waals surface area (Å²) < 4.78 is 1.20. The van der Waals surface area contributed by atoms with Gasteiger partial charge in [-0.2, -0.15) is 0 Å². The zero-order chi connectivity index (χ0) is 15.0. The Morgan fingerprint density at radius 1 is 1.40 bits per heavy atom. The highest BCUT2D eigenvalue weighted by Gasteiger charge is 2.19. The van der Waals surface area contributed by atoms with Gasteiger partial charge in [0.2, 0.25) is 0 Å². The van der Waals surface area contributed by atoms with Gasteiger partial charge in [0.1, 0.15) is 4.83 Å². The first-order valence-electron chi connectivity index (χ1n) is 6.22. The molecule has 0 aliphatic rings. The molecule has 5 nitrogen and oxygen atoms in total. The minimum Gasteiger partial charge on any atom is -0.298 e. The van der Waals surface area contributed by atoms with Crippen molar-refractivity contribution in [1.29, 1.82) is 0 Å². The van der Waals surface area contributed by atoms with E-state index in [2.05, 4.69) is 20.9 Å². The maximum Gasteiger partial charge on any atom is 0.329 e. The molecule has 0 fully saturated rings. The summed E-state index contributed by atoms with van der Waals surface area (Å²) >= 11 is 4.29. The molecular weight excluding hydrogens is 344 g/mol. The molecule has 0 saturated heterocycles. The van der Waals surface area contributed by atoms with Crippen LogP contribution in [0.25, 0.3) is 10.2 Å². The first-order chi connectivity index (χ1) is 9.36. The third-order valence-electron chi connectivity index (χ3n) is 2.99. The zero-order valence-electron chi connectivity index (χ0n) is 11.4. The van der Waals surface area contributed by atoms with Gasteiger partial charge in [0.15, 0.2) is 5.78 Å². The number of Topliss-reactive ketones (excluding diaryl/α,β-unsaturated/α-hetero) is 1. The molecule has 0 aliphatic heterocycles. The molecule has 0 aromatic carbocycles. The summed E-state index contributed by atoms with van der Waals surface area (Å²) in [6.07, 6.45) is 0. The van der Waals surface area contributed by atoms with Crippen molar-refractivity contribution in [1.82, 2.24) is 9.55 Å². The van der Waals surface area contributed by atoms with Crippen molar-refractivity contribution in [2.24, 2.45) is 5.92 Å². The molecule has 0 radical (unpaired) electrons. The standard InChI is InChI=1S/C13H15BrN2O3S/c1-6(2)5-16-12(18)9-7(3)10(8(17)4-14)20-11(9)15-13(16)19/h6H,4-5H2,1-3H3,(H,15,19). The Balaban J connectivity index is 2.79. The molecule has 1 N–H and O–H groups in total. The molecule has 20 heavy (non-hydrogen) atoms. The Bertz CT molecular complexity index is 785. The smallest absolute Gasteiger partial charge is 0.298 e. The van der Waals surface area contributed by atoms with Crippen molar-refractivity contribution in [3.63, 3.8) is 0 Å². The van der Waals surface area contributed by atoms with Crippen LogP contribution in [-0.4, -0.2) is 20.7 Å². The lowest BCUT2D eigenvalue weighted by molar-refractivity contribution is 0.102. The number of aryl methyl sites for hydroxylation is 1. The van der Waals surface area contributed by atoms with Crippen molar-refractivity contribution >= 4 is 43.3 Å². The molecule has 0 bridgehead atoms. The average Bonchev–Trinajstić information content (AvgIpc) is 2.70. The van der Waals surface area contributed by atoms with Gasteiger partial charge in [-0.25, -0.2) is 4.79 Å². The van der Waals surface area contributed by atoms with Crippen LogP contribution in [-0.2, 0) is 6.54 Å². The van der Waals surface area contributed by atoms with Crippen molar-refractivity contribution in [3.05, 3.63) is 31.3 Å². The average molecular weight is 359 g/mol. The Morgan fingerprint density at radius 3 is 2.60 bits per heavy atom. The molecule has 0 saturated carbocycles. The summed E-state index contributed by atoms with van der Waals surface area (Å²) in [7, 11) is 0. The Hall–Kier alpha value is -1.21. The van der Waals surface area contributed by atoms with E-state index in [1.165, 1.54) is 4.57 Å². The van der Waals surface area contributed by atoms with Gasteiger partial charge in [0.05, 0.1) is 15.6 Å². The van der Waals surface area contributed by atoms with Crippen LogP contribution in [0.1, 0.15) is 29.1 Å². The number of nitrogens with one attached hydrogen (secondary N) is 1. The summed E-state index contributed by atoms with van der Waals surface area (Å²) in [5.74, 6) is 0.105. The number of hydrogen-bond acceptors (Lipinski definition) is 4. The third kappa shape index (κ3) is 2.52. The lowest BCUT2D eigenvalue weighted by Crippen LogP contribution is -2.36. The van der Waals surface area contributed by atoms with Gasteiger partial charge in [-0.3, -0.25) is 19.1 Å². The maximum absolute atomic E-state index is 12.5. The van der Waals surface area contributed by atoms with Crippen molar-refractivity contribution in [2.45, 2.75) is 27.3 Å². The number of carbonyl (C=O) groups is 1. The normalized spacial score (nSPS) is 11.4. The van der Waals surface area contributed by atoms with E-state index in [1.807, 2.05) is 13.8 Å². The summed E-state index contributed by atoms with van der Waals surface area (Å²) in [5, 5.41) is 0.644. The molecule has 2 rings (SSSR count). The number of alkyl halides is 1. The van der Waals surface area contributed by atoms with Crippen molar-refractivity contribution in [3.8, 4) is 0 Å². The number of rotatable bonds is 4. The van der Waals surface area contributed by atoms with Crippen molar-refractivity contribution < 1.29 is 4.79 Å². The number of ketones is 1. The van der Waals surface area contributed by atoms with Crippen LogP contribution >= 0.6 is 27.3 Å². The molecule has 0 atom stereocenters. The SMILES string of the molecule is Cc1c(C(=O)CBr)sc2[nH]c(=O)n(CC(C)C)c(=O)c12. The van der Waals surface area contributed by atoms with E-state index in [1.54, 1.807) is 6.92 Å². The number of carbonyl (C=O) groups excluding carboxylic acids is 1. The second-order valence-electron chi connectivity index (χ2n) is 5.06. The largest absolute Gasteiger partial charge is 0.329 e. The van der Waals surface area contributed by atoms with Crippen LogP contribution in [0.5, 0.6) is 0 Å². The first kappa shape index (κ1) is 15.2. The number of halogens is 1. The number of fused-ring (bicyclic) bond motifs is 1. The van der Waals surface area contributed by atoms with Gasteiger partial charge in [0, 0.05) is 6.54 Å². The second-order valence-corrected chi connectivity index (χ2v) is 6.64. The number of aromatic nitrogens is 2. The van der Waals surface area contributed by atoms with Crippen molar-refractivity contribution in [2.75, 3.05) is 5.33 Å². The molecular formula is C13H15BrN2O3S. The molecule has 108 valence electrons. The number of thiophene rings is 1. The van der Waals surface area contributed by atoms with E-state index in [4.69, 9.17) is 0 Å². The molecule has 0 aliphatic carbocycles. The van der Waals surface area contributed by atoms with E-state index in [9.17, 15) is 14.4 Å².